The quantitative estimate of drug-likeness (QED) is 0.296. The number of phenolic OH excluding ortho intramolecular Hbond substituents is 1. The number of nitrogens with one attached hydrogen (secondary N) is 2. The SMILES string of the molecule is CCCC(C)NC(=O)C(c1ccc(CC)cc1)N(CCC)C(=O)C(Cc1ccc(O)cc1)NC(=O)OC(C)(C)C. The van der Waals surface area contributed by atoms with E-state index in [2.05, 4.69) is 24.5 Å². The molecule has 0 radical (unpaired) electrons. The maximum Gasteiger partial charge on any atom is 0.408 e. The monoisotopic (exact) mass is 553 g/mol. The van der Waals surface area contributed by atoms with Gasteiger partial charge in [-0.2, -0.15) is 0 Å². The summed E-state index contributed by atoms with van der Waals surface area (Å²) in [6, 6.07) is 12.3. The Morgan fingerprint density at radius 1 is 0.900 bits per heavy atom. The lowest BCUT2D eigenvalue weighted by atomic mass is 9.98. The first-order chi connectivity index (χ1) is 18.9. The van der Waals surface area contributed by atoms with Gasteiger partial charge in [0.25, 0.3) is 0 Å². The van der Waals surface area contributed by atoms with Gasteiger partial charge in [-0.1, -0.05) is 63.6 Å². The molecule has 3 N–H and O–H groups in total. The van der Waals surface area contributed by atoms with Crippen LogP contribution in [0, 0.1) is 0 Å². The zero-order chi connectivity index (χ0) is 29.9. The Labute approximate surface area is 239 Å². The molecule has 0 saturated carbocycles. The zero-order valence-corrected chi connectivity index (χ0v) is 25.1. The van der Waals surface area contributed by atoms with Gasteiger partial charge in [-0.25, -0.2) is 4.79 Å². The number of carbonyl (C=O) groups is 3. The van der Waals surface area contributed by atoms with Gasteiger partial charge in [0.15, 0.2) is 0 Å². The molecule has 0 aliphatic rings. The third-order valence-corrected chi connectivity index (χ3v) is 6.49. The fourth-order valence-corrected chi connectivity index (χ4v) is 4.56. The number of aromatic hydroxyl groups is 1. The average Bonchev–Trinajstić information content (AvgIpc) is 2.88. The Balaban J connectivity index is 2.52. The first-order valence-corrected chi connectivity index (χ1v) is 14.4. The van der Waals surface area contributed by atoms with Crippen molar-refractivity contribution in [2.75, 3.05) is 6.54 Å². The van der Waals surface area contributed by atoms with Gasteiger partial charge in [0.05, 0.1) is 0 Å². The van der Waals surface area contributed by atoms with Crippen molar-refractivity contribution in [3.63, 3.8) is 0 Å². The van der Waals surface area contributed by atoms with Crippen molar-refractivity contribution < 1.29 is 24.2 Å². The summed E-state index contributed by atoms with van der Waals surface area (Å²) in [6.07, 6.45) is 2.66. The van der Waals surface area contributed by atoms with Crippen LogP contribution in [0.15, 0.2) is 48.5 Å². The second-order valence-corrected chi connectivity index (χ2v) is 11.3. The lowest BCUT2D eigenvalue weighted by Crippen LogP contribution is -2.54. The zero-order valence-electron chi connectivity index (χ0n) is 25.1. The highest BCUT2D eigenvalue weighted by atomic mass is 16.6. The van der Waals surface area contributed by atoms with E-state index in [0.717, 1.165) is 30.4 Å². The van der Waals surface area contributed by atoms with Crippen LogP contribution in [0.2, 0.25) is 0 Å². The number of hydrogen-bond donors (Lipinski definition) is 3. The molecular weight excluding hydrogens is 506 g/mol. The van der Waals surface area contributed by atoms with Crippen molar-refractivity contribution in [3.8, 4) is 5.75 Å². The van der Waals surface area contributed by atoms with E-state index in [4.69, 9.17) is 4.74 Å². The van der Waals surface area contributed by atoms with E-state index >= 15 is 0 Å². The van der Waals surface area contributed by atoms with E-state index in [-0.39, 0.29) is 30.0 Å². The third-order valence-electron chi connectivity index (χ3n) is 6.49. The van der Waals surface area contributed by atoms with E-state index in [0.29, 0.717) is 18.5 Å². The molecule has 3 unspecified atom stereocenters. The largest absolute Gasteiger partial charge is 0.508 e. The maximum absolute atomic E-state index is 14.3. The Morgan fingerprint density at radius 2 is 1.50 bits per heavy atom. The molecule has 8 heteroatoms. The smallest absolute Gasteiger partial charge is 0.408 e. The predicted octanol–water partition coefficient (Wildman–Crippen LogP) is 5.68. The molecule has 8 nitrogen and oxygen atoms in total. The molecule has 0 saturated heterocycles. The number of carbonyl (C=O) groups excluding carboxylic acids is 3. The molecule has 40 heavy (non-hydrogen) atoms. The highest BCUT2D eigenvalue weighted by Gasteiger charge is 2.36. The molecule has 2 aromatic carbocycles. The second kappa shape index (κ2) is 15.3. The van der Waals surface area contributed by atoms with Gasteiger partial charge >= 0.3 is 6.09 Å². The number of hydrogen-bond acceptors (Lipinski definition) is 5. The van der Waals surface area contributed by atoms with Crippen molar-refractivity contribution in [3.05, 3.63) is 65.2 Å². The molecule has 2 rings (SSSR count). The van der Waals surface area contributed by atoms with Crippen LogP contribution in [-0.4, -0.2) is 52.1 Å². The molecule has 3 amide bonds. The van der Waals surface area contributed by atoms with Crippen LogP contribution in [0.5, 0.6) is 5.75 Å². The molecule has 0 aliphatic heterocycles. The molecule has 0 heterocycles. The van der Waals surface area contributed by atoms with E-state index < -0.39 is 23.8 Å². The van der Waals surface area contributed by atoms with Crippen LogP contribution >= 0.6 is 0 Å². The summed E-state index contributed by atoms with van der Waals surface area (Å²) in [6.45, 7) is 13.6. The fourth-order valence-electron chi connectivity index (χ4n) is 4.56. The van der Waals surface area contributed by atoms with Crippen LogP contribution in [0.25, 0.3) is 0 Å². The summed E-state index contributed by atoms with van der Waals surface area (Å²) in [5.74, 6) is -0.538. The summed E-state index contributed by atoms with van der Waals surface area (Å²) in [5.41, 5.74) is 1.83. The molecule has 0 spiro atoms. The van der Waals surface area contributed by atoms with Crippen LogP contribution in [0.1, 0.15) is 90.5 Å². The van der Waals surface area contributed by atoms with E-state index in [1.165, 1.54) is 12.1 Å². The van der Waals surface area contributed by atoms with Gasteiger partial charge in [-0.15, -0.1) is 0 Å². The summed E-state index contributed by atoms with van der Waals surface area (Å²) in [5, 5.41) is 15.6. The molecule has 2 aromatic rings. The fraction of sp³-hybridized carbons (Fsp3) is 0.531. The number of ether oxygens (including phenoxy) is 1. The highest BCUT2D eigenvalue weighted by molar-refractivity contribution is 5.92. The summed E-state index contributed by atoms with van der Waals surface area (Å²) in [4.78, 5) is 42.5. The number of alkyl carbamates (subject to hydrolysis) is 1. The second-order valence-electron chi connectivity index (χ2n) is 11.3. The molecular formula is C32H47N3O5. The van der Waals surface area contributed by atoms with Crippen LogP contribution in [0.4, 0.5) is 4.79 Å². The summed E-state index contributed by atoms with van der Waals surface area (Å²) in [7, 11) is 0. The molecule has 220 valence electrons. The van der Waals surface area contributed by atoms with Crippen molar-refractivity contribution in [1.82, 2.24) is 15.5 Å². The molecule has 0 aliphatic carbocycles. The standard InChI is InChI=1S/C32H47N3O5/c1-8-11-22(4)33-29(37)28(25-16-12-23(10-3)13-17-25)35(20-9-2)30(38)27(34-31(39)40-32(5,6)7)21-24-14-18-26(36)19-15-24/h12-19,22,27-28,36H,8-11,20-21H2,1-7H3,(H,33,37)(H,34,39). The van der Waals surface area contributed by atoms with Crippen LogP contribution < -0.4 is 10.6 Å². The van der Waals surface area contributed by atoms with E-state index in [9.17, 15) is 19.5 Å². The number of rotatable bonds is 13. The number of phenols is 1. The van der Waals surface area contributed by atoms with Crippen molar-refractivity contribution in [2.24, 2.45) is 0 Å². The van der Waals surface area contributed by atoms with Crippen molar-refractivity contribution in [2.45, 2.75) is 104 Å². The van der Waals surface area contributed by atoms with E-state index in [1.54, 1.807) is 37.8 Å². The minimum absolute atomic E-state index is 0.0545. The Hall–Kier alpha value is -3.55. The number of nitrogens with zero attached hydrogens (tertiary/aromatic N) is 1. The van der Waals surface area contributed by atoms with Gasteiger partial charge < -0.3 is 25.4 Å². The van der Waals surface area contributed by atoms with Gasteiger partial charge in [0.2, 0.25) is 11.8 Å². The first kappa shape index (κ1) is 32.7. The number of amides is 3. The third kappa shape index (κ3) is 10.2. The van der Waals surface area contributed by atoms with Gasteiger partial charge in [-0.05, 0) is 75.8 Å². The van der Waals surface area contributed by atoms with Crippen LogP contribution in [-0.2, 0) is 27.2 Å². The number of aryl methyl sites for hydroxylation is 1. The minimum atomic E-state index is -0.996. The van der Waals surface area contributed by atoms with Gasteiger partial charge in [0, 0.05) is 19.0 Å². The highest BCUT2D eigenvalue weighted by Crippen LogP contribution is 2.25. The molecule has 3 atom stereocenters. The van der Waals surface area contributed by atoms with Gasteiger partial charge in [0.1, 0.15) is 23.4 Å². The normalized spacial score (nSPS) is 13.6. The Morgan fingerprint density at radius 3 is 2.02 bits per heavy atom. The maximum atomic E-state index is 14.3. The number of benzene rings is 2. The molecule has 0 fully saturated rings. The lowest BCUT2D eigenvalue weighted by Gasteiger charge is -2.35. The van der Waals surface area contributed by atoms with E-state index in [1.807, 2.05) is 38.1 Å². The summed E-state index contributed by atoms with van der Waals surface area (Å²) >= 11 is 0. The average molecular weight is 554 g/mol. The summed E-state index contributed by atoms with van der Waals surface area (Å²) < 4.78 is 5.47. The molecule has 0 bridgehead atoms. The lowest BCUT2D eigenvalue weighted by molar-refractivity contribution is -0.142. The van der Waals surface area contributed by atoms with Crippen LogP contribution in [0.3, 0.4) is 0 Å². The first-order valence-electron chi connectivity index (χ1n) is 14.4. The minimum Gasteiger partial charge on any atom is -0.508 e. The van der Waals surface area contributed by atoms with Gasteiger partial charge in [-0.3, -0.25) is 9.59 Å². The topological polar surface area (TPSA) is 108 Å². The predicted molar refractivity (Wildman–Crippen MR) is 158 cm³/mol. The Bertz CT molecular complexity index is 1090. The van der Waals surface area contributed by atoms with Crippen molar-refractivity contribution in [1.29, 1.82) is 0 Å². The molecule has 0 aromatic heterocycles. The van der Waals surface area contributed by atoms with Crippen molar-refractivity contribution >= 4 is 17.9 Å². The Kier molecular flexibility index (Phi) is 12.5.